The van der Waals surface area contributed by atoms with Crippen LogP contribution in [-0.2, 0) is 20.8 Å². The highest BCUT2D eigenvalue weighted by molar-refractivity contribution is 7.89. The van der Waals surface area contributed by atoms with E-state index in [4.69, 9.17) is 5.26 Å². The van der Waals surface area contributed by atoms with Crippen LogP contribution in [0.4, 0.5) is 0 Å². The molecule has 0 saturated carbocycles. The van der Waals surface area contributed by atoms with Gasteiger partial charge in [0.05, 0.1) is 0 Å². The fourth-order valence-electron chi connectivity index (χ4n) is 1.61. The summed E-state index contributed by atoms with van der Waals surface area (Å²) in [4.78, 5) is 3.81. The summed E-state index contributed by atoms with van der Waals surface area (Å²) in [5.41, 5.74) is 0.175. The molecule has 1 saturated heterocycles. The summed E-state index contributed by atoms with van der Waals surface area (Å²) in [6, 6.07) is 4.57. The first-order valence-corrected chi connectivity index (χ1v) is 8.18. The molecule has 0 radical (unpaired) electrons. The number of aromatic nitrogens is 1. The predicted octanol–water partition coefficient (Wildman–Crippen LogP) is -0.294. The SMILES string of the molecule is N#Cc1ccc(S(=O)(=O)N2CCS(=O)CC2)cn1. The Bertz CT molecular complexity index is 594. The van der Waals surface area contributed by atoms with E-state index in [1.807, 2.05) is 6.07 Å². The average Bonchev–Trinajstić information content (AvgIpc) is 2.39. The van der Waals surface area contributed by atoms with E-state index in [1.165, 1.54) is 22.6 Å². The van der Waals surface area contributed by atoms with Crippen LogP contribution >= 0.6 is 0 Å². The summed E-state index contributed by atoms with van der Waals surface area (Å²) >= 11 is 0. The number of rotatable bonds is 2. The van der Waals surface area contributed by atoms with E-state index in [-0.39, 0.29) is 23.7 Å². The highest BCUT2D eigenvalue weighted by Crippen LogP contribution is 2.16. The number of nitrogens with zero attached hydrogens (tertiary/aromatic N) is 3. The van der Waals surface area contributed by atoms with Crippen molar-refractivity contribution in [1.29, 1.82) is 5.26 Å². The minimum Gasteiger partial charge on any atom is -0.259 e. The summed E-state index contributed by atoms with van der Waals surface area (Å²) in [6.07, 6.45) is 1.18. The van der Waals surface area contributed by atoms with Gasteiger partial charge < -0.3 is 0 Å². The van der Waals surface area contributed by atoms with Crippen molar-refractivity contribution < 1.29 is 12.6 Å². The largest absolute Gasteiger partial charge is 0.259 e. The Morgan fingerprint density at radius 2 is 2.00 bits per heavy atom. The average molecular weight is 285 g/mol. The van der Waals surface area contributed by atoms with Crippen molar-refractivity contribution in [1.82, 2.24) is 9.29 Å². The molecule has 6 nitrogen and oxygen atoms in total. The summed E-state index contributed by atoms with van der Waals surface area (Å²) < 4.78 is 36.9. The first-order valence-electron chi connectivity index (χ1n) is 5.25. The number of hydrogen-bond acceptors (Lipinski definition) is 5. The molecule has 1 aliphatic heterocycles. The lowest BCUT2D eigenvalue weighted by atomic mass is 10.4. The van der Waals surface area contributed by atoms with Gasteiger partial charge in [-0.1, -0.05) is 0 Å². The lowest BCUT2D eigenvalue weighted by Crippen LogP contribution is -2.41. The van der Waals surface area contributed by atoms with Crippen molar-refractivity contribution in [3.8, 4) is 6.07 Å². The van der Waals surface area contributed by atoms with E-state index in [2.05, 4.69) is 4.98 Å². The molecule has 2 heterocycles. The maximum Gasteiger partial charge on any atom is 0.244 e. The Morgan fingerprint density at radius 1 is 1.33 bits per heavy atom. The molecular formula is C10H11N3O3S2. The van der Waals surface area contributed by atoms with Crippen molar-refractivity contribution >= 4 is 20.8 Å². The molecule has 1 aromatic rings. The van der Waals surface area contributed by atoms with Crippen LogP contribution in [0.15, 0.2) is 23.2 Å². The van der Waals surface area contributed by atoms with Crippen molar-refractivity contribution in [2.75, 3.05) is 24.6 Å². The van der Waals surface area contributed by atoms with Crippen molar-refractivity contribution in [2.45, 2.75) is 4.90 Å². The molecule has 0 atom stereocenters. The van der Waals surface area contributed by atoms with Crippen LogP contribution in [0.5, 0.6) is 0 Å². The predicted molar refractivity (Wildman–Crippen MR) is 65.6 cm³/mol. The minimum atomic E-state index is -3.58. The fourth-order valence-corrected chi connectivity index (χ4v) is 4.28. The second-order valence-corrected chi connectivity index (χ2v) is 7.38. The van der Waals surface area contributed by atoms with Gasteiger partial charge in [0, 0.05) is 41.6 Å². The van der Waals surface area contributed by atoms with Crippen LogP contribution in [-0.4, -0.2) is 46.5 Å². The van der Waals surface area contributed by atoms with E-state index in [1.54, 1.807) is 0 Å². The Kier molecular flexibility index (Phi) is 3.75. The third-order valence-electron chi connectivity index (χ3n) is 2.63. The van der Waals surface area contributed by atoms with E-state index in [0.29, 0.717) is 11.5 Å². The van der Waals surface area contributed by atoms with Gasteiger partial charge in [-0.05, 0) is 12.1 Å². The first kappa shape index (κ1) is 13.1. The molecule has 0 bridgehead atoms. The van der Waals surface area contributed by atoms with Crippen LogP contribution in [0, 0.1) is 11.3 Å². The zero-order chi connectivity index (χ0) is 13.2. The third kappa shape index (κ3) is 2.58. The van der Waals surface area contributed by atoms with E-state index in [0.717, 1.165) is 0 Å². The second kappa shape index (κ2) is 5.14. The first-order chi connectivity index (χ1) is 8.54. The molecule has 8 heteroatoms. The number of nitriles is 1. The molecule has 0 N–H and O–H groups in total. The van der Waals surface area contributed by atoms with Crippen LogP contribution in [0.3, 0.4) is 0 Å². The zero-order valence-corrected chi connectivity index (χ0v) is 11.1. The Labute approximate surface area is 108 Å². The number of sulfonamides is 1. The van der Waals surface area contributed by atoms with E-state index >= 15 is 0 Å². The second-order valence-electron chi connectivity index (χ2n) is 3.74. The Hall–Kier alpha value is -1.30. The van der Waals surface area contributed by atoms with Gasteiger partial charge in [0.1, 0.15) is 16.7 Å². The molecule has 0 aliphatic carbocycles. The van der Waals surface area contributed by atoms with Crippen LogP contribution in [0.25, 0.3) is 0 Å². The molecule has 2 rings (SSSR count). The van der Waals surface area contributed by atoms with Crippen LogP contribution < -0.4 is 0 Å². The maximum absolute atomic E-state index is 12.2. The molecule has 1 aliphatic rings. The van der Waals surface area contributed by atoms with E-state index in [9.17, 15) is 12.6 Å². The topological polar surface area (TPSA) is 91.1 Å². The van der Waals surface area contributed by atoms with Crippen molar-refractivity contribution in [3.63, 3.8) is 0 Å². The normalized spacial score (nSPS) is 18.4. The summed E-state index contributed by atoms with van der Waals surface area (Å²) in [7, 11) is -4.51. The monoisotopic (exact) mass is 285 g/mol. The third-order valence-corrected chi connectivity index (χ3v) is 5.78. The van der Waals surface area contributed by atoms with Gasteiger partial charge in [-0.2, -0.15) is 9.57 Å². The fraction of sp³-hybridized carbons (Fsp3) is 0.400. The smallest absolute Gasteiger partial charge is 0.244 e. The highest BCUT2D eigenvalue weighted by Gasteiger charge is 2.28. The van der Waals surface area contributed by atoms with Gasteiger partial charge in [0.15, 0.2) is 0 Å². The quantitative estimate of drug-likeness (QED) is 0.744. The van der Waals surface area contributed by atoms with Crippen LogP contribution in [0.2, 0.25) is 0 Å². The van der Waals surface area contributed by atoms with E-state index < -0.39 is 20.8 Å². The summed E-state index contributed by atoms with van der Waals surface area (Å²) in [5.74, 6) is 0.728. The molecule has 0 amide bonds. The molecule has 18 heavy (non-hydrogen) atoms. The molecule has 0 spiro atoms. The molecule has 1 fully saturated rings. The molecule has 0 aromatic carbocycles. The number of hydrogen-bond donors (Lipinski definition) is 0. The van der Waals surface area contributed by atoms with Gasteiger partial charge in [0.2, 0.25) is 10.0 Å². The zero-order valence-electron chi connectivity index (χ0n) is 9.44. The molecular weight excluding hydrogens is 274 g/mol. The highest BCUT2D eigenvalue weighted by atomic mass is 32.2. The van der Waals surface area contributed by atoms with Gasteiger partial charge in [-0.15, -0.1) is 0 Å². The standard InChI is InChI=1S/C10H11N3O3S2/c11-7-9-1-2-10(8-12-9)18(15,16)13-3-5-17(14)6-4-13/h1-2,8H,3-6H2. The van der Waals surface area contributed by atoms with Gasteiger partial charge in [0.25, 0.3) is 0 Å². The molecule has 0 unspecified atom stereocenters. The number of pyridine rings is 1. The summed E-state index contributed by atoms with van der Waals surface area (Å²) in [5, 5.41) is 8.60. The Balaban J connectivity index is 2.25. The maximum atomic E-state index is 12.2. The van der Waals surface area contributed by atoms with Gasteiger partial charge >= 0.3 is 0 Å². The van der Waals surface area contributed by atoms with Gasteiger partial charge in [-0.3, -0.25) is 4.21 Å². The Morgan fingerprint density at radius 3 is 2.50 bits per heavy atom. The molecule has 96 valence electrons. The van der Waals surface area contributed by atoms with Crippen molar-refractivity contribution in [2.24, 2.45) is 0 Å². The van der Waals surface area contributed by atoms with Crippen molar-refractivity contribution in [3.05, 3.63) is 24.0 Å². The lowest BCUT2D eigenvalue weighted by molar-refractivity contribution is 0.438. The lowest BCUT2D eigenvalue weighted by Gasteiger charge is -2.25. The van der Waals surface area contributed by atoms with Gasteiger partial charge in [-0.25, -0.2) is 13.4 Å². The summed E-state index contributed by atoms with van der Waals surface area (Å²) in [6.45, 7) is 0.518. The van der Waals surface area contributed by atoms with Crippen LogP contribution in [0.1, 0.15) is 5.69 Å². The minimum absolute atomic E-state index is 0.0641. The molecule has 1 aromatic heterocycles.